The van der Waals surface area contributed by atoms with E-state index in [0.717, 1.165) is 16.9 Å². The minimum absolute atomic E-state index is 0.253. The first-order valence-corrected chi connectivity index (χ1v) is 9.71. The maximum atomic E-state index is 12.9. The molecule has 1 aliphatic heterocycles. The van der Waals surface area contributed by atoms with Crippen molar-refractivity contribution in [2.24, 2.45) is 0 Å². The van der Waals surface area contributed by atoms with E-state index in [9.17, 15) is 9.59 Å². The second kappa shape index (κ2) is 8.79. The second-order valence-corrected chi connectivity index (χ2v) is 7.36. The standard InChI is InChI=1S/C20H22N2O4S2/c1-25-15-8-6-13(7-9-15)11-21-17(23)20(28)22(18(24)19(21)27)12-14-4-3-5-16(10-14)26-2/h3-10,19-20,27-28H,11-12H2,1-2H3. The molecule has 0 N–H and O–H groups in total. The van der Waals surface area contributed by atoms with Crippen LogP contribution in [0.4, 0.5) is 0 Å². The second-order valence-electron chi connectivity index (χ2n) is 6.38. The summed E-state index contributed by atoms with van der Waals surface area (Å²) in [6.07, 6.45) is 0. The summed E-state index contributed by atoms with van der Waals surface area (Å²) in [4.78, 5) is 28.7. The number of amides is 2. The van der Waals surface area contributed by atoms with Gasteiger partial charge in [-0.2, -0.15) is 0 Å². The quantitative estimate of drug-likeness (QED) is 0.708. The number of carbonyl (C=O) groups is 2. The molecule has 0 bridgehead atoms. The highest BCUT2D eigenvalue weighted by atomic mass is 32.1. The summed E-state index contributed by atoms with van der Waals surface area (Å²) in [5, 5.41) is -1.75. The summed E-state index contributed by atoms with van der Waals surface area (Å²) in [6, 6.07) is 14.7. The van der Waals surface area contributed by atoms with Crippen LogP contribution in [-0.4, -0.2) is 46.6 Å². The number of thiol groups is 2. The Kier molecular flexibility index (Phi) is 6.41. The Morgan fingerprint density at radius 1 is 0.786 bits per heavy atom. The molecule has 0 radical (unpaired) electrons. The zero-order chi connectivity index (χ0) is 20.3. The number of carbonyl (C=O) groups excluding carboxylic acids is 2. The van der Waals surface area contributed by atoms with Crippen molar-refractivity contribution in [2.45, 2.75) is 23.8 Å². The summed E-state index contributed by atoms with van der Waals surface area (Å²) in [7, 11) is 3.17. The largest absolute Gasteiger partial charge is 0.497 e. The molecule has 0 aliphatic carbocycles. The molecule has 2 aromatic carbocycles. The van der Waals surface area contributed by atoms with Crippen LogP contribution in [0.1, 0.15) is 11.1 Å². The highest BCUT2D eigenvalue weighted by Crippen LogP contribution is 2.27. The van der Waals surface area contributed by atoms with Crippen molar-refractivity contribution in [3.63, 3.8) is 0 Å². The summed E-state index contributed by atoms with van der Waals surface area (Å²) in [5.74, 6) is 0.886. The van der Waals surface area contributed by atoms with Gasteiger partial charge in [-0.1, -0.05) is 24.3 Å². The zero-order valence-corrected chi connectivity index (χ0v) is 17.4. The van der Waals surface area contributed by atoms with E-state index in [-0.39, 0.29) is 24.9 Å². The normalized spacial score (nSPS) is 19.7. The molecule has 1 aliphatic rings. The Morgan fingerprint density at radius 2 is 1.32 bits per heavy atom. The first-order chi connectivity index (χ1) is 13.4. The fourth-order valence-corrected chi connectivity index (χ4v) is 3.72. The molecule has 6 nitrogen and oxygen atoms in total. The number of methoxy groups -OCH3 is 2. The summed E-state index contributed by atoms with van der Waals surface area (Å²) < 4.78 is 10.4. The van der Waals surface area contributed by atoms with Crippen LogP contribution in [0.2, 0.25) is 0 Å². The highest BCUT2D eigenvalue weighted by molar-refractivity contribution is 7.82. The summed E-state index contributed by atoms with van der Waals surface area (Å²) >= 11 is 8.83. The molecule has 0 aromatic heterocycles. The van der Waals surface area contributed by atoms with Crippen LogP contribution in [0.3, 0.4) is 0 Å². The van der Waals surface area contributed by atoms with E-state index in [1.54, 1.807) is 14.2 Å². The van der Waals surface area contributed by atoms with E-state index in [1.807, 2.05) is 48.5 Å². The summed E-state index contributed by atoms with van der Waals surface area (Å²) in [5.41, 5.74) is 1.73. The molecule has 2 aromatic rings. The third-order valence-electron chi connectivity index (χ3n) is 4.60. The lowest BCUT2D eigenvalue weighted by atomic mass is 10.1. The predicted molar refractivity (Wildman–Crippen MR) is 113 cm³/mol. The maximum absolute atomic E-state index is 12.9. The van der Waals surface area contributed by atoms with Gasteiger partial charge in [0.2, 0.25) is 0 Å². The Morgan fingerprint density at radius 3 is 1.86 bits per heavy atom. The van der Waals surface area contributed by atoms with Crippen molar-refractivity contribution in [1.82, 2.24) is 9.80 Å². The molecule has 1 heterocycles. The molecule has 1 fully saturated rings. The predicted octanol–water partition coefficient (Wildman–Crippen LogP) is 2.59. The number of piperazine rings is 1. The van der Waals surface area contributed by atoms with E-state index < -0.39 is 10.7 Å². The fraction of sp³-hybridized carbons (Fsp3) is 0.300. The van der Waals surface area contributed by atoms with Crippen LogP contribution in [0, 0.1) is 0 Å². The van der Waals surface area contributed by atoms with Crippen molar-refractivity contribution in [1.29, 1.82) is 0 Å². The molecular weight excluding hydrogens is 396 g/mol. The van der Waals surface area contributed by atoms with Crippen LogP contribution in [0.5, 0.6) is 11.5 Å². The topological polar surface area (TPSA) is 59.1 Å². The minimum atomic E-state index is -0.875. The molecule has 2 amide bonds. The van der Waals surface area contributed by atoms with Crippen molar-refractivity contribution < 1.29 is 19.1 Å². The van der Waals surface area contributed by atoms with Crippen LogP contribution in [0.15, 0.2) is 48.5 Å². The monoisotopic (exact) mass is 418 g/mol. The van der Waals surface area contributed by atoms with E-state index in [0.29, 0.717) is 5.75 Å². The number of ether oxygens (including phenoxy) is 2. The molecule has 2 unspecified atom stereocenters. The van der Waals surface area contributed by atoms with Gasteiger partial charge in [0.1, 0.15) is 11.5 Å². The molecule has 0 spiro atoms. The molecule has 3 rings (SSSR count). The average molecular weight is 419 g/mol. The lowest BCUT2D eigenvalue weighted by Crippen LogP contribution is -2.60. The maximum Gasteiger partial charge on any atom is 0.257 e. The van der Waals surface area contributed by atoms with Gasteiger partial charge in [0.05, 0.1) is 14.2 Å². The Balaban J connectivity index is 1.76. The number of benzene rings is 2. The Labute approximate surface area is 175 Å². The summed E-state index contributed by atoms with van der Waals surface area (Å²) in [6.45, 7) is 0.524. The van der Waals surface area contributed by atoms with Crippen LogP contribution < -0.4 is 9.47 Å². The van der Waals surface area contributed by atoms with Crippen molar-refractivity contribution >= 4 is 37.1 Å². The van der Waals surface area contributed by atoms with Gasteiger partial charge in [-0.3, -0.25) is 9.59 Å². The molecule has 0 saturated carbocycles. The Hall–Kier alpha value is -2.32. The number of hydrogen-bond acceptors (Lipinski definition) is 6. The molecule has 8 heteroatoms. The molecular formula is C20H22N2O4S2. The van der Waals surface area contributed by atoms with Gasteiger partial charge >= 0.3 is 0 Å². The van der Waals surface area contributed by atoms with Gasteiger partial charge < -0.3 is 19.3 Å². The highest BCUT2D eigenvalue weighted by Gasteiger charge is 2.42. The van der Waals surface area contributed by atoms with Gasteiger partial charge in [0.15, 0.2) is 10.7 Å². The van der Waals surface area contributed by atoms with Gasteiger partial charge in [-0.05, 0) is 35.4 Å². The number of nitrogens with zero attached hydrogens (tertiary/aromatic N) is 2. The van der Waals surface area contributed by atoms with Crippen LogP contribution in [0.25, 0.3) is 0 Å². The average Bonchev–Trinajstić information content (AvgIpc) is 2.73. The van der Waals surface area contributed by atoms with Crippen LogP contribution >= 0.6 is 25.3 Å². The molecule has 2 atom stereocenters. The van der Waals surface area contributed by atoms with Crippen molar-refractivity contribution in [2.75, 3.05) is 14.2 Å². The smallest absolute Gasteiger partial charge is 0.257 e. The Bertz CT molecular complexity index is 860. The zero-order valence-electron chi connectivity index (χ0n) is 15.6. The van der Waals surface area contributed by atoms with Crippen molar-refractivity contribution in [3.8, 4) is 11.5 Å². The van der Waals surface area contributed by atoms with E-state index in [1.165, 1.54) is 9.80 Å². The first-order valence-electron chi connectivity index (χ1n) is 8.67. The van der Waals surface area contributed by atoms with E-state index in [2.05, 4.69) is 25.3 Å². The minimum Gasteiger partial charge on any atom is -0.497 e. The van der Waals surface area contributed by atoms with Crippen LogP contribution in [-0.2, 0) is 22.7 Å². The van der Waals surface area contributed by atoms with Gasteiger partial charge in [-0.25, -0.2) is 0 Å². The van der Waals surface area contributed by atoms with Gasteiger partial charge in [0, 0.05) is 13.1 Å². The van der Waals surface area contributed by atoms with E-state index in [4.69, 9.17) is 9.47 Å². The molecule has 1 saturated heterocycles. The third-order valence-corrected chi connectivity index (χ3v) is 5.60. The third kappa shape index (κ3) is 4.23. The van der Waals surface area contributed by atoms with E-state index >= 15 is 0 Å². The van der Waals surface area contributed by atoms with Gasteiger partial charge in [0.25, 0.3) is 11.8 Å². The lowest BCUT2D eigenvalue weighted by molar-refractivity contribution is -0.154. The SMILES string of the molecule is COc1ccc(CN2C(=O)C(S)N(Cc3cccc(OC)c3)C(=O)C2S)cc1. The molecule has 148 valence electrons. The first kappa shape index (κ1) is 20.4. The molecule has 28 heavy (non-hydrogen) atoms. The van der Waals surface area contributed by atoms with Gasteiger partial charge in [-0.15, -0.1) is 25.3 Å². The lowest BCUT2D eigenvalue weighted by Gasteiger charge is -2.41. The van der Waals surface area contributed by atoms with Crippen molar-refractivity contribution in [3.05, 3.63) is 59.7 Å². The fourth-order valence-electron chi connectivity index (χ4n) is 3.03. The number of hydrogen-bond donors (Lipinski definition) is 2. The number of rotatable bonds is 6.